The lowest BCUT2D eigenvalue weighted by atomic mass is 9.75. The third kappa shape index (κ3) is 8.75. The summed E-state index contributed by atoms with van der Waals surface area (Å²) in [6.07, 6.45) is 20.7. The van der Waals surface area contributed by atoms with Crippen molar-refractivity contribution in [1.82, 2.24) is 0 Å². The van der Waals surface area contributed by atoms with E-state index in [1.54, 1.807) is 0 Å². The first-order chi connectivity index (χ1) is 15.2. The Morgan fingerprint density at radius 2 is 1.45 bits per heavy atom. The number of halogens is 1. The zero-order chi connectivity index (χ0) is 21.9. The van der Waals surface area contributed by atoms with Crippen LogP contribution < -0.4 is 4.74 Å². The first-order valence-corrected chi connectivity index (χ1v) is 14.4. The van der Waals surface area contributed by atoms with Crippen LogP contribution in [-0.2, 0) is 6.42 Å². The largest absolute Gasteiger partial charge is 0.493 e. The topological polar surface area (TPSA) is 9.23 Å². The number of hydrogen-bond acceptors (Lipinski definition) is 1. The van der Waals surface area contributed by atoms with Crippen molar-refractivity contribution in [2.45, 2.75) is 115 Å². The molecule has 3 rings (SSSR count). The SMILES string of the molecule is CCCCCc1ccc(OCC2CCC(CC(Br)C3CCC(CCC)CC3)CC2)cc1. The summed E-state index contributed by atoms with van der Waals surface area (Å²) < 4.78 is 6.16. The minimum absolute atomic E-state index is 0.749. The van der Waals surface area contributed by atoms with Crippen LogP contribution in [-0.4, -0.2) is 11.4 Å². The Balaban J connectivity index is 1.30. The fourth-order valence-electron chi connectivity index (χ4n) is 5.94. The first kappa shape index (κ1) is 25.1. The maximum atomic E-state index is 6.16. The molecule has 0 bridgehead atoms. The predicted octanol–water partition coefficient (Wildman–Crippen LogP) is 9.36. The molecule has 2 saturated carbocycles. The van der Waals surface area contributed by atoms with Crippen LogP contribution in [0.15, 0.2) is 24.3 Å². The Hall–Kier alpha value is -0.500. The average molecular weight is 492 g/mol. The van der Waals surface area contributed by atoms with Gasteiger partial charge in [0.25, 0.3) is 0 Å². The molecule has 1 unspecified atom stereocenters. The molecule has 0 saturated heterocycles. The summed E-state index contributed by atoms with van der Waals surface area (Å²) in [5, 5.41) is 0. The molecule has 0 aliphatic heterocycles. The summed E-state index contributed by atoms with van der Waals surface area (Å²) in [7, 11) is 0. The number of alkyl halides is 1. The van der Waals surface area contributed by atoms with Crippen LogP contribution in [0.1, 0.15) is 109 Å². The minimum Gasteiger partial charge on any atom is -0.493 e. The number of hydrogen-bond donors (Lipinski definition) is 0. The van der Waals surface area contributed by atoms with Gasteiger partial charge in [-0.25, -0.2) is 0 Å². The Bertz CT molecular complexity index is 581. The van der Waals surface area contributed by atoms with Gasteiger partial charge >= 0.3 is 0 Å². The zero-order valence-electron chi connectivity index (χ0n) is 20.3. The molecule has 2 fully saturated rings. The fourth-order valence-corrected chi connectivity index (χ4v) is 6.99. The molecule has 0 radical (unpaired) electrons. The smallest absolute Gasteiger partial charge is 0.119 e. The van der Waals surface area contributed by atoms with Gasteiger partial charge in [-0.1, -0.05) is 93.3 Å². The van der Waals surface area contributed by atoms with Crippen molar-refractivity contribution in [1.29, 1.82) is 0 Å². The van der Waals surface area contributed by atoms with E-state index in [4.69, 9.17) is 4.74 Å². The van der Waals surface area contributed by atoms with Crippen molar-refractivity contribution < 1.29 is 4.74 Å². The molecule has 2 heteroatoms. The highest BCUT2D eigenvalue weighted by atomic mass is 79.9. The van der Waals surface area contributed by atoms with Crippen molar-refractivity contribution in [2.24, 2.45) is 23.7 Å². The van der Waals surface area contributed by atoms with Crippen molar-refractivity contribution >= 4 is 15.9 Å². The molecule has 1 aromatic rings. The Morgan fingerprint density at radius 3 is 2.10 bits per heavy atom. The van der Waals surface area contributed by atoms with Crippen LogP contribution >= 0.6 is 15.9 Å². The lowest BCUT2D eigenvalue weighted by Gasteiger charge is -2.35. The monoisotopic (exact) mass is 490 g/mol. The zero-order valence-corrected chi connectivity index (χ0v) is 21.9. The molecule has 1 nitrogen and oxygen atoms in total. The van der Waals surface area contributed by atoms with Crippen LogP contribution in [0.25, 0.3) is 0 Å². The van der Waals surface area contributed by atoms with E-state index in [1.807, 2.05) is 0 Å². The molecule has 31 heavy (non-hydrogen) atoms. The van der Waals surface area contributed by atoms with Crippen LogP contribution in [0.3, 0.4) is 0 Å². The highest BCUT2D eigenvalue weighted by Crippen LogP contribution is 2.40. The van der Waals surface area contributed by atoms with E-state index in [0.717, 1.165) is 40.9 Å². The minimum atomic E-state index is 0.749. The van der Waals surface area contributed by atoms with Crippen LogP contribution in [0.4, 0.5) is 0 Å². The normalized spacial score (nSPS) is 27.7. The molecular weight excluding hydrogens is 444 g/mol. The fraction of sp³-hybridized carbons (Fsp3) is 0.793. The maximum absolute atomic E-state index is 6.16. The van der Waals surface area contributed by atoms with Gasteiger partial charge in [-0.05, 0) is 86.3 Å². The summed E-state index contributed by atoms with van der Waals surface area (Å²) in [5.41, 5.74) is 1.45. The maximum Gasteiger partial charge on any atom is 0.119 e. The van der Waals surface area contributed by atoms with Crippen molar-refractivity contribution in [3.05, 3.63) is 29.8 Å². The van der Waals surface area contributed by atoms with Gasteiger partial charge in [0.1, 0.15) is 5.75 Å². The molecule has 0 spiro atoms. The molecule has 0 N–H and O–H groups in total. The van der Waals surface area contributed by atoms with Crippen LogP contribution in [0, 0.1) is 23.7 Å². The molecule has 0 aromatic heterocycles. The van der Waals surface area contributed by atoms with Crippen molar-refractivity contribution in [3.8, 4) is 5.75 Å². The van der Waals surface area contributed by atoms with Gasteiger partial charge < -0.3 is 4.74 Å². The van der Waals surface area contributed by atoms with E-state index in [1.165, 1.54) is 102 Å². The van der Waals surface area contributed by atoms with Gasteiger partial charge in [0.2, 0.25) is 0 Å². The second kappa shape index (κ2) is 13.9. The molecule has 0 amide bonds. The second-order valence-corrected chi connectivity index (χ2v) is 11.8. The summed E-state index contributed by atoms with van der Waals surface area (Å²) in [6.45, 7) is 5.51. The predicted molar refractivity (Wildman–Crippen MR) is 138 cm³/mol. The Morgan fingerprint density at radius 1 is 0.806 bits per heavy atom. The van der Waals surface area contributed by atoms with Gasteiger partial charge in [0, 0.05) is 4.83 Å². The lowest BCUT2D eigenvalue weighted by molar-refractivity contribution is 0.171. The number of aryl methyl sites for hydroxylation is 1. The number of ether oxygens (including phenoxy) is 1. The van der Waals surface area contributed by atoms with E-state index in [-0.39, 0.29) is 0 Å². The Kier molecular flexibility index (Phi) is 11.3. The van der Waals surface area contributed by atoms with Crippen molar-refractivity contribution in [3.63, 3.8) is 0 Å². The number of unbranched alkanes of at least 4 members (excludes halogenated alkanes) is 2. The number of benzene rings is 1. The van der Waals surface area contributed by atoms with Gasteiger partial charge in [-0.15, -0.1) is 0 Å². The van der Waals surface area contributed by atoms with E-state index in [2.05, 4.69) is 54.0 Å². The summed E-state index contributed by atoms with van der Waals surface area (Å²) in [5.74, 6) is 4.68. The highest BCUT2D eigenvalue weighted by Gasteiger charge is 2.29. The second-order valence-electron chi connectivity index (χ2n) is 10.6. The van der Waals surface area contributed by atoms with E-state index in [9.17, 15) is 0 Å². The van der Waals surface area contributed by atoms with Crippen LogP contribution in [0.2, 0.25) is 0 Å². The summed E-state index contributed by atoms with van der Waals surface area (Å²) in [6, 6.07) is 8.87. The van der Waals surface area contributed by atoms with Gasteiger partial charge in [0.05, 0.1) is 6.61 Å². The molecule has 2 aliphatic carbocycles. The molecular formula is C29H47BrO. The van der Waals surface area contributed by atoms with Crippen molar-refractivity contribution in [2.75, 3.05) is 6.61 Å². The molecule has 2 aliphatic rings. The third-order valence-electron chi connectivity index (χ3n) is 8.10. The van der Waals surface area contributed by atoms with E-state index < -0.39 is 0 Å². The van der Waals surface area contributed by atoms with Gasteiger partial charge in [-0.3, -0.25) is 0 Å². The first-order valence-electron chi connectivity index (χ1n) is 13.5. The molecule has 0 heterocycles. The van der Waals surface area contributed by atoms with E-state index in [0.29, 0.717) is 0 Å². The van der Waals surface area contributed by atoms with Gasteiger partial charge in [0.15, 0.2) is 0 Å². The lowest BCUT2D eigenvalue weighted by Crippen LogP contribution is -2.26. The molecule has 1 atom stereocenters. The summed E-state index contributed by atoms with van der Waals surface area (Å²) in [4.78, 5) is 0.753. The third-order valence-corrected chi connectivity index (χ3v) is 9.22. The summed E-state index contributed by atoms with van der Waals surface area (Å²) >= 11 is 4.11. The van der Waals surface area contributed by atoms with E-state index >= 15 is 0 Å². The highest BCUT2D eigenvalue weighted by molar-refractivity contribution is 9.09. The molecule has 1 aromatic carbocycles. The quantitative estimate of drug-likeness (QED) is 0.209. The van der Waals surface area contributed by atoms with Gasteiger partial charge in [-0.2, -0.15) is 0 Å². The standard InChI is InChI=1S/C29H47BrO/c1-3-5-6-8-24-15-19-28(20-16-24)31-22-26-11-9-25(10-12-26)21-29(30)27-17-13-23(7-4-2)14-18-27/h15-16,19-20,23,25-27,29H,3-14,17-18,21-22H2,1-2H3. The number of rotatable bonds is 12. The Labute approximate surface area is 201 Å². The molecule has 176 valence electrons. The average Bonchev–Trinajstić information content (AvgIpc) is 2.80. The van der Waals surface area contributed by atoms with Crippen LogP contribution in [0.5, 0.6) is 5.75 Å².